The van der Waals surface area contributed by atoms with Crippen molar-refractivity contribution < 1.29 is 14.3 Å². The molecule has 172 valence electrons. The van der Waals surface area contributed by atoms with Crippen LogP contribution in [0.25, 0.3) is 0 Å². The van der Waals surface area contributed by atoms with E-state index in [-0.39, 0.29) is 35.8 Å². The van der Waals surface area contributed by atoms with E-state index >= 15 is 0 Å². The van der Waals surface area contributed by atoms with E-state index in [0.717, 1.165) is 12.2 Å². The summed E-state index contributed by atoms with van der Waals surface area (Å²) < 4.78 is 5.70. The van der Waals surface area contributed by atoms with Crippen molar-refractivity contribution in [3.8, 4) is 0 Å². The Balaban J connectivity index is 1.60. The third kappa shape index (κ3) is 6.46. The molecular weight excluding hydrogens is 438 g/mol. The molecule has 3 heterocycles. The number of carbonyl (C=O) groups excluding carboxylic acids is 2. The highest BCUT2D eigenvalue weighted by molar-refractivity contribution is 7.99. The van der Waals surface area contributed by atoms with Gasteiger partial charge in [-0.25, -0.2) is 9.97 Å². The summed E-state index contributed by atoms with van der Waals surface area (Å²) in [6.45, 7) is 11.3. The molecule has 0 saturated carbocycles. The van der Waals surface area contributed by atoms with Crippen LogP contribution in [0.2, 0.25) is 5.15 Å². The summed E-state index contributed by atoms with van der Waals surface area (Å²) in [4.78, 5) is 39.8. The van der Waals surface area contributed by atoms with Crippen LogP contribution in [0.15, 0.2) is 11.2 Å². The first-order valence-corrected chi connectivity index (χ1v) is 12.3. The van der Waals surface area contributed by atoms with Gasteiger partial charge in [0.1, 0.15) is 11.0 Å². The van der Waals surface area contributed by atoms with Crippen LogP contribution in [-0.4, -0.2) is 88.3 Å². The van der Waals surface area contributed by atoms with Crippen molar-refractivity contribution in [1.29, 1.82) is 0 Å². The molecule has 3 unspecified atom stereocenters. The molecule has 3 atom stereocenters. The lowest BCUT2D eigenvalue weighted by atomic mass is 10.1. The van der Waals surface area contributed by atoms with Gasteiger partial charge in [-0.15, -0.1) is 0 Å². The molecule has 0 aliphatic carbocycles. The Hall–Kier alpha value is -1.58. The van der Waals surface area contributed by atoms with Crippen LogP contribution in [0.4, 0.5) is 5.82 Å². The Morgan fingerprint density at radius 1 is 1.13 bits per heavy atom. The van der Waals surface area contributed by atoms with Gasteiger partial charge in [0, 0.05) is 51.3 Å². The predicted octanol–water partition coefficient (Wildman–Crippen LogP) is 2.70. The van der Waals surface area contributed by atoms with E-state index in [9.17, 15) is 9.59 Å². The Morgan fingerprint density at radius 2 is 1.84 bits per heavy atom. The van der Waals surface area contributed by atoms with Crippen molar-refractivity contribution in [2.45, 2.75) is 63.9 Å². The number of thioether (sulfide) groups is 1. The number of amides is 2. The highest BCUT2D eigenvalue weighted by atomic mass is 35.5. The van der Waals surface area contributed by atoms with Gasteiger partial charge in [0.25, 0.3) is 0 Å². The fourth-order valence-electron chi connectivity index (χ4n) is 4.10. The lowest BCUT2D eigenvalue weighted by molar-refractivity contribution is -0.140. The zero-order valence-corrected chi connectivity index (χ0v) is 20.3. The number of ether oxygens (including phenoxy) is 1. The van der Waals surface area contributed by atoms with Crippen molar-refractivity contribution in [2.24, 2.45) is 0 Å². The zero-order chi connectivity index (χ0) is 22.5. The molecule has 0 bridgehead atoms. The maximum atomic E-state index is 12.6. The number of nitrogens with zero attached hydrogens (tertiary/aromatic N) is 5. The van der Waals surface area contributed by atoms with Gasteiger partial charge in [-0.3, -0.25) is 9.59 Å². The zero-order valence-electron chi connectivity index (χ0n) is 18.7. The first-order chi connectivity index (χ1) is 14.8. The summed E-state index contributed by atoms with van der Waals surface area (Å²) in [7, 11) is 0. The molecule has 0 radical (unpaired) electrons. The van der Waals surface area contributed by atoms with Gasteiger partial charge in [0.2, 0.25) is 11.8 Å². The summed E-state index contributed by atoms with van der Waals surface area (Å²) in [6, 6.07) is 1.85. The molecule has 1 aromatic rings. The van der Waals surface area contributed by atoms with Gasteiger partial charge in [0.15, 0.2) is 5.16 Å². The van der Waals surface area contributed by atoms with Crippen LogP contribution in [0.5, 0.6) is 0 Å². The van der Waals surface area contributed by atoms with E-state index in [1.165, 1.54) is 11.8 Å². The minimum Gasteiger partial charge on any atom is -0.372 e. The molecule has 2 aliphatic rings. The normalized spacial score (nSPS) is 24.4. The highest BCUT2D eigenvalue weighted by Crippen LogP contribution is 2.25. The lowest BCUT2D eigenvalue weighted by Gasteiger charge is -2.40. The third-order valence-electron chi connectivity index (χ3n) is 5.49. The second-order valence-electron chi connectivity index (χ2n) is 8.31. The van der Waals surface area contributed by atoms with E-state index in [0.29, 0.717) is 49.5 Å². The molecule has 2 amide bonds. The molecule has 0 N–H and O–H groups in total. The standard InChI is InChI=1S/C21H32ClN5O3S/c1-5-6-19(28)27-8-7-25(10-14(27)2)18-9-17(22)23-21(24-18)31-13-20(29)26-11-15(3)30-16(4)12-26/h9,14-16H,5-8,10-13H2,1-4H3. The Kier molecular flexibility index (Phi) is 8.41. The minimum atomic E-state index is 0.0385. The van der Waals surface area contributed by atoms with Crippen molar-refractivity contribution in [3.05, 3.63) is 11.2 Å². The number of anilines is 1. The van der Waals surface area contributed by atoms with Crippen molar-refractivity contribution >= 4 is 41.0 Å². The fraction of sp³-hybridized carbons (Fsp3) is 0.714. The summed E-state index contributed by atoms with van der Waals surface area (Å²) in [5, 5.41) is 0.841. The molecule has 31 heavy (non-hydrogen) atoms. The number of hydrogen-bond acceptors (Lipinski definition) is 7. The summed E-state index contributed by atoms with van der Waals surface area (Å²) in [5.41, 5.74) is 0. The number of morpholine rings is 1. The van der Waals surface area contributed by atoms with Gasteiger partial charge in [-0.1, -0.05) is 30.3 Å². The molecule has 2 saturated heterocycles. The molecule has 8 nitrogen and oxygen atoms in total. The van der Waals surface area contributed by atoms with E-state index in [1.807, 2.05) is 30.6 Å². The Labute approximate surface area is 193 Å². The van der Waals surface area contributed by atoms with Gasteiger partial charge >= 0.3 is 0 Å². The average Bonchev–Trinajstić information content (AvgIpc) is 2.71. The summed E-state index contributed by atoms with van der Waals surface area (Å²) in [5.74, 6) is 1.25. The number of piperazine rings is 1. The largest absolute Gasteiger partial charge is 0.372 e. The van der Waals surface area contributed by atoms with Gasteiger partial charge in [-0.2, -0.15) is 0 Å². The van der Waals surface area contributed by atoms with Crippen LogP contribution in [0.3, 0.4) is 0 Å². The van der Waals surface area contributed by atoms with E-state index < -0.39 is 0 Å². The van der Waals surface area contributed by atoms with Gasteiger partial charge < -0.3 is 19.4 Å². The number of hydrogen-bond donors (Lipinski definition) is 0. The molecule has 2 fully saturated rings. The molecule has 10 heteroatoms. The topological polar surface area (TPSA) is 78.9 Å². The number of rotatable bonds is 6. The fourth-order valence-corrected chi connectivity index (χ4v) is 5.09. The molecular formula is C21H32ClN5O3S. The Bertz CT molecular complexity index is 788. The maximum absolute atomic E-state index is 12.6. The Morgan fingerprint density at radius 3 is 2.48 bits per heavy atom. The first kappa shape index (κ1) is 24.1. The lowest BCUT2D eigenvalue weighted by Crippen LogP contribution is -2.54. The minimum absolute atomic E-state index is 0.0385. The van der Waals surface area contributed by atoms with Crippen LogP contribution in [0.1, 0.15) is 40.5 Å². The van der Waals surface area contributed by atoms with Gasteiger partial charge in [-0.05, 0) is 27.2 Å². The van der Waals surface area contributed by atoms with Crippen LogP contribution < -0.4 is 4.90 Å². The van der Waals surface area contributed by atoms with E-state index in [4.69, 9.17) is 16.3 Å². The van der Waals surface area contributed by atoms with E-state index in [2.05, 4.69) is 21.8 Å². The van der Waals surface area contributed by atoms with E-state index in [1.54, 1.807) is 6.07 Å². The molecule has 1 aromatic heterocycles. The first-order valence-electron chi connectivity index (χ1n) is 10.9. The second kappa shape index (κ2) is 10.8. The molecule has 3 rings (SSSR count). The maximum Gasteiger partial charge on any atom is 0.233 e. The average molecular weight is 470 g/mol. The van der Waals surface area contributed by atoms with Crippen molar-refractivity contribution in [3.63, 3.8) is 0 Å². The summed E-state index contributed by atoms with van der Waals surface area (Å²) in [6.07, 6.45) is 1.52. The number of aromatic nitrogens is 2. The number of halogens is 1. The third-order valence-corrected chi connectivity index (χ3v) is 6.52. The monoisotopic (exact) mass is 469 g/mol. The smallest absolute Gasteiger partial charge is 0.233 e. The van der Waals surface area contributed by atoms with Crippen molar-refractivity contribution in [1.82, 2.24) is 19.8 Å². The molecule has 0 aromatic carbocycles. The quantitative estimate of drug-likeness (QED) is 0.360. The van der Waals surface area contributed by atoms with Gasteiger partial charge in [0.05, 0.1) is 18.0 Å². The van der Waals surface area contributed by atoms with Crippen LogP contribution in [-0.2, 0) is 14.3 Å². The number of carbonyl (C=O) groups is 2. The summed E-state index contributed by atoms with van der Waals surface area (Å²) >= 11 is 7.56. The molecule has 0 spiro atoms. The predicted molar refractivity (Wildman–Crippen MR) is 123 cm³/mol. The van der Waals surface area contributed by atoms with Crippen molar-refractivity contribution in [2.75, 3.05) is 43.4 Å². The SMILES string of the molecule is CCCC(=O)N1CCN(c2cc(Cl)nc(SCC(=O)N3CC(C)OC(C)C3)n2)CC1C. The molecule has 2 aliphatic heterocycles. The van der Waals surface area contributed by atoms with Crippen LogP contribution >= 0.6 is 23.4 Å². The highest BCUT2D eigenvalue weighted by Gasteiger charge is 2.29. The second-order valence-corrected chi connectivity index (χ2v) is 9.64. The van der Waals surface area contributed by atoms with Crippen LogP contribution in [0, 0.1) is 0 Å².